The van der Waals surface area contributed by atoms with Crippen LogP contribution in [0.1, 0.15) is 36.8 Å². The Hall–Kier alpha value is -2.23. The van der Waals surface area contributed by atoms with Crippen LogP contribution in [0.3, 0.4) is 0 Å². The summed E-state index contributed by atoms with van der Waals surface area (Å²) in [4.78, 5) is 11.6. The molecule has 0 radical (unpaired) electrons. The lowest BCUT2D eigenvalue weighted by Gasteiger charge is -2.29. The predicted octanol–water partition coefficient (Wildman–Crippen LogP) is 3.72. The number of hydrogen-bond acceptors (Lipinski definition) is 4. The fraction of sp³-hybridized carbons (Fsp3) is 0.500. The van der Waals surface area contributed by atoms with Gasteiger partial charge in [0.05, 0.1) is 30.2 Å². The average Bonchev–Trinajstić information content (AvgIpc) is 2.53. The molecule has 23 heavy (non-hydrogen) atoms. The van der Waals surface area contributed by atoms with Crippen LogP contribution < -0.4 is 5.32 Å². The first kappa shape index (κ1) is 17.1. The zero-order chi connectivity index (χ0) is 17.0. The SMILES string of the molecule is COC(=O)C1CCCC(Nc2ccc(C#N)c(C(F)(F)F)c2)C1. The van der Waals surface area contributed by atoms with E-state index in [2.05, 4.69) is 5.32 Å². The number of methoxy groups -OCH3 is 1. The highest BCUT2D eigenvalue weighted by Gasteiger charge is 2.34. The van der Waals surface area contributed by atoms with Crippen molar-refractivity contribution in [2.75, 3.05) is 12.4 Å². The molecule has 2 unspecified atom stereocenters. The molecule has 1 fully saturated rings. The fourth-order valence-corrected chi connectivity index (χ4v) is 2.90. The van der Waals surface area contributed by atoms with Gasteiger partial charge < -0.3 is 10.1 Å². The molecule has 124 valence electrons. The maximum Gasteiger partial charge on any atom is 0.417 e. The molecule has 1 aliphatic rings. The monoisotopic (exact) mass is 326 g/mol. The van der Waals surface area contributed by atoms with Gasteiger partial charge in [0.2, 0.25) is 0 Å². The number of ether oxygens (including phenoxy) is 1. The van der Waals surface area contributed by atoms with Gasteiger partial charge in [-0.25, -0.2) is 0 Å². The van der Waals surface area contributed by atoms with Crippen LogP contribution in [0.15, 0.2) is 18.2 Å². The first-order valence-electron chi connectivity index (χ1n) is 7.31. The smallest absolute Gasteiger partial charge is 0.417 e. The molecule has 2 rings (SSSR count). The number of nitrogens with zero attached hydrogens (tertiary/aromatic N) is 1. The number of hydrogen-bond donors (Lipinski definition) is 1. The number of rotatable bonds is 3. The number of alkyl halides is 3. The molecule has 1 aliphatic carbocycles. The van der Waals surface area contributed by atoms with E-state index in [0.29, 0.717) is 12.1 Å². The van der Waals surface area contributed by atoms with Gasteiger partial charge in [0, 0.05) is 11.7 Å². The molecule has 7 heteroatoms. The molecule has 0 heterocycles. The van der Waals surface area contributed by atoms with E-state index in [4.69, 9.17) is 10.00 Å². The molecular formula is C16H17F3N2O2. The highest BCUT2D eigenvalue weighted by molar-refractivity contribution is 5.72. The minimum absolute atomic E-state index is 0.0955. The highest BCUT2D eigenvalue weighted by atomic mass is 19.4. The van der Waals surface area contributed by atoms with Crippen LogP contribution in [-0.4, -0.2) is 19.1 Å². The molecule has 1 N–H and O–H groups in total. The van der Waals surface area contributed by atoms with E-state index in [1.165, 1.54) is 13.2 Å². The summed E-state index contributed by atoms with van der Waals surface area (Å²) in [6, 6.07) is 5.02. The molecule has 1 aromatic rings. The maximum atomic E-state index is 13.0. The van der Waals surface area contributed by atoms with Crippen molar-refractivity contribution in [3.8, 4) is 6.07 Å². The highest BCUT2D eigenvalue weighted by Crippen LogP contribution is 2.34. The Balaban J connectivity index is 2.14. The summed E-state index contributed by atoms with van der Waals surface area (Å²) in [5, 5.41) is 11.8. The summed E-state index contributed by atoms with van der Waals surface area (Å²) in [5.74, 6) is -0.515. The standard InChI is InChI=1S/C16H17F3N2O2/c1-23-15(22)10-3-2-4-12(7-10)21-13-6-5-11(9-20)14(8-13)16(17,18)19/h5-6,8,10,12,21H,2-4,7H2,1H3. The Labute approximate surface area is 132 Å². The Kier molecular flexibility index (Phi) is 5.14. The Morgan fingerprint density at radius 1 is 1.39 bits per heavy atom. The lowest BCUT2D eigenvalue weighted by atomic mass is 9.85. The largest absolute Gasteiger partial charge is 0.469 e. The number of esters is 1. The molecule has 0 aromatic heterocycles. The van der Waals surface area contributed by atoms with Gasteiger partial charge in [-0.1, -0.05) is 6.42 Å². The third kappa shape index (κ3) is 4.15. The molecule has 0 amide bonds. The summed E-state index contributed by atoms with van der Waals surface area (Å²) in [7, 11) is 1.33. The van der Waals surface area contributed by atoms with Crippen molar-refractivity contribution in [1.29, 1.82) is 5.26 Å². The minimum Gasteiger partial charge on any atom is -0.469 e. The summed E-state index contributed by atoms with van der Waals surface area (Å²) in [6.07, 6.45) is -1.75. The van der Waals surface area contributed by atoms with E-state index in [-0.39, 0.29) is 17.9 Å². The van der Waals surface area contributed by atoms with Crippen molar-refractivity contribution in [2.24, 2.45) is 5.92 Å². The summed E-state index contributed by atoms with van der Waals surface area (Å²) < 4.78 is 43.6. The van der Waals surface area contributed by atoms with Crippen molar-refractivity contribution in [3.05, 3.63) is 29.3 Å². The molecule has 2 atom stereocenters. The number of anilines is 1. The van der Waals surface area contributed by atoms with Gasteiger partial charge in [-0.05, 0) is 37.5 Å². The number of nitrogens with one attached hydrogen (secondary N) is 1. The summed E-state index contributed by atoms with van der Waals surface area (Å²) >= 11 is 0. The fourth-order valence-electron chi connectivity index (χ4n) is 2.90. The van der Waals surface area contributed by atoms with E-state index < -0.39 is 17.3 Å². The zero-order valence-corrected chi connectivity index (χ0v) is 12.6. The van der Waals surface area contributed by atoms with Gasteiger partial charge >= 0.3 is 12.1 Å². The van der Waals surface area contributed by atoms with E-state index in [1.807, 2.05) is 0 Å². The predicted molar refractivity (Wildman–Crippen MR) is 77.5 cm³/mol. The quantitative estimate of drug-likeness (QED) is 0.860. The van der Waals surface area contributed by atoms with Gasteiger partial charge in [0.1, 0.15) is 0 Å². The minimum atomic E-state index is -4.58. The number of halogens is 3. The number of nitriles is 1. The average molecular weight is 326 g/mol. The molecule has 0 bridgehead atoms. The molecular weight excluding hydrogens is 309 g/mol. The van der Waals surface area contributed by atoms with Crippen molar-refractivity contribution in [1.82, 2.24) is 0 Å². The first-order valence-corrected chi connectivity index (χ1v) is 7.31. The second-order valence-corrected chi connectivity index (χ2v) is 5.60. The van der Waals surface area contributed by atoms with Gasteiger partial charge in [-0.15, -0.1) is 0 Å². The Morgan fingerprint density at radius 3 is 2.74 bits per heavy atom. The van der Waals surface area contributed by atoms with Crippen LogP contribution in [0.25, 0.3) is 0 Å². The third-order valence-corrected chi connectivity index (χ3v) is 4.02. The van der Waals surface area contributed by atoms with Gasteiger partial charge in [-0.3, -0.25) is 4.79 Å². The van der Waals surface area contributed by atoms with Crippen LogP contribution in [0.5, 0.6) is 0 Å². The number of benzene rings is 1. The van der Waals surface area contributed by atoms with Crippen LogP contribution in [-0.2, 0) is 15.7 Å². The lowest BCUT2D eigenvalue weighted by Crippen LogP contribution is -2.31. The zero-order valence-electron chi connectivity index (χ0n) is 12.6. The third-order valence-electron chi connectivity index (χ3n) is 4.02. The first-order chi connectivity index (χ1) is 10.8. The van der Waals surface area contributed by atoms with Crippen LogP contribution >= 0.6 is 0 Å². The molecule has 1 aromatic carbocycles. The van der Waals surface area contributed by atoms with Crippen LogP contribution in [0, 0.1) is 17.2 Å². The Bertz CT molecular complexity index is 623. The van der Waals surface area contributed by atoms with Crippen LogP contribution in [0.4, 0.5) is 18.9 Å². The van der Waals surface area contributed by atoms with E-state index in [9.17, 15) is 18.0 Å². The normalized spacial score (nSPS) is 21.3. The second kappa shape index (κ2) is 6.90. The van der Waals surface area contributed by atoms with Crippen molar-refractivity contribution >= 4 is 11.7 Å². The van der Waals surface area contributed by atoms with Crippen LogP contribution in [0.2, 0.25) is 0 Å². The van der Waals surface area contributed by atoms with Gasteiger partial charge in [0.25, 0.3) is 0 Å². The molecule has 0 spiro atoms. The van der Waals surface area contributed by atoms with Gasteiger partial charge in [0.15, 0.2) is 0 Å². The molecule has 1 saturated carbocycles. The Morgan fingerprint density at radius 2 is 2.13 bits per heavy atom. The van der Waals surface area contributed by atoms with Crippen molar-refractivity contribution in [2.45, 2.75) is 37.9 Å². The summed E-state index contributed by atoms with van der Waals surface area (Å²) in [6.45, 7) is 0. The van der Waals surface area contributed by atoms with Crippen molar-refractivity contribution < 1.29 is 22.7 Å². The molecule has 0 saturated heterocycles. The van der Waals surface area contributed by atoms with E-state index in [0.717, 1.165) is 31.4 Å². The lowest BCUT2D eigenvalue weighted by molar-refractivity contribution is -0.146. The number of carbonyl (C=O) groups excluding carboxylic acids is 1. The second-order valence-electron chi connectivity index (χ2n) is 5.60. The summed E-state index contributed by atoms with van der Waals surface area (Å²) in [5.41, 5.74) is -1.06. The molecule has 4 nitrogen and oxygen atoms in total. The van der Waals surface area contributed by atoms with E-state index in [1.54, 1.807) is 6.07 Å². The topological polar surface area (TPSA) is 62.1 Å². The van der Waals surface area contributed by atoms with E-state index >= 15 is 0 Å². The maximum absolute atomic E-state index is 13.0. The van der Waals surface area contributed by atoms with Gasteiger partial charge in [-0.2, -0.15) is 18.4 Å². The molecule has 0 aliphatic heterocycles. The number of carbonyl (C=O) groups is 1. The van der Waals surface area contributed by atoms with Crippen molar-refractivity contribution in [3.63, 3.8) is 0 Å².